The third kappa shape index (κ3) is 5.05. The van der Waals surface area contributed by atoms with Crippen LogP contribution in [0.1, 0.15) is 28.0 Å². The lowest BCUT2D eigenvalue weighted by atomic mass is 9.86. The number of aromatic nitrogens is 1. The van der Waals surface area contributed by atoms with Gasteiger partial charge in [0.25, 0.3) is 0 Å². The number of amides is 1. The monoisotopic (exact) mass is 494 g/mol. The number of halogens is 1. The fourth-order valence-electron chi connectivity index (χ4n) is 4.46. The standard InChI is InChI=1S/C24H23ClN6O4/c1-13-6-16(24(33)34)19(10-27)22(30-13)18-7-14(25)2-3-21(18)35-5-4-31-12-29-20-11-28-15(9-26)8-17(20)23(31)32/h2-3,6-7,15,17,20,28-29H,4-5,8,11-12H2,1H3,(H,33,34). The van der Waals surface area contributed by atoms with Crippen LogP contribution in [0.3, 0.4) is 0 Å². The van der Waals surface area contributed by atoms with Crippen molar-refractivity contribution in [1.82, 2.24) is 20.5 Å². The zero-order chi connectivity index (χ0) is 25.1. The number of aryl methyl sites for hydroxylation is 1. The number of nitriles is 2. The Hall–Kier alpha value is -3.70. The number of carboxylic acids is 1. The third-order valence-electron chi connectivity index (χ3n) is 6.19. The highest BCUT2D eigenvalue weighted by molar-refractivity contribution is 6.31. The molecule has 3 heterocycles. The summed E-state index contributed by atoms with van der Waals surface area (Å²) in [6.07, 6.45) is 0.452. The zero-order valence-corrected chi connectivity index (χ0v) is 19.7. The quantitative estimate of drug-likeness (QED) is 0.546. The Balaban J connectivity index is 1.53. The molecule has 3 unspecified atom stereocenters. The minimum absolute atomic E-state index is 0.00707. The number of pyridine rings is 1. The number of nitrogens with one attached hydrogen (secondary N) is 2. The van der Waals surface area contributed by atoms with Crippen molar-refractivity contribution in [2.45, 2.75) is 25.4 Å². The smallest absolute Gasteiger partial charge is 0.337 e. The lowest BCUT2D eigenvalue weighted by Gasteiger charge is -2.42. The summed E-state index contributed by atoms with van der Waals surface area (Å²) in [6.45, 7) is 3.03. The second-order valence-electron chi connectivity index (χ2n) is 8.44. The molecule has 2 aliphatic heterocycles. The Labute approximate surface area is 207 Å². The lowest BCUT2D eigenvalue weighted by Crippen LogP contribution is -2.64. The van der Waals surface area contributed by atoms with Gasteiger partial charge in [-0.15, -0.1) is 0 Å². The van der Waals surface area contributed by atoms with Crippen LogP contribution in [0.2, 0.25) is 5.02 Å². The van der Waals surface area contributed by atoms with E-state index in [1.54, 1.807) is 30.0 Å². The molecule has 3 atom stereocenters. The van der Waals surface area contributed by atoms with Crippen LogP contribution >= 0.6 is 11.6 Å². The summed E-state index contributed by atoms with van der Waals surface area (Å²) < 4.78 is 5.97. The summed E-state index contributed by atoms with van der Waals surface area (Å²) in [7, 11) is 0. The highest BCUT2D eigenvalue weighted by atomic mass is 35.5. The van der Waals surface area contributed by atoms with E-state index in [9.17, 15) is 25.2 Å². The van der Waals surface area contributed by atoms with Gasteiger partial charge in [0.05, 0.1) is 48.1 Å². The number of carboxylic acid groups (broad SMARTS) is 1. The Morgan fingerprint density at radius 1 is 1.34 bits per heavy atom. The van der Waals surface area contributed by atoms with Crippen molar-refractivity contribution in [2.24, 2.45) is 5.92 Å². The maximum absolute atomic E-state index is 13.0. The molecule has 0 saturated carbocycles. The van der Waals surface area contributed by atoms with Gasteiger partial charge in [-0.1, -0.05) is 11.6 Å². The number of rotatable bonds is 6. The summed E-state index contributed by atoms with van der Waals surface area (Å²) in [5.74, 6) is -1.16. The van der Waals surface area contributed by atoms with Gasteiger partial charge in [-0.3, -0.25) is 15.1 Å². The van der Waals surface area contributed by atoms with E-state index in [0.717, 1.165) is 0 Å². The normalized spacial score (nSPS) is 21.5. The van der Waals surface area contributed by atoms with E-state index >= 15 is 0 Å². The molecule has 0 radical (unpaired) electrons. The summed E-state index contributed by atoms with van der Waals surface area (Å²) in [5.41, 5.74) is 0.740. The first kappa shape index (κ1) is 24.4. The zero-order valence-electron chi connectivity index (χ0n) is 18.9. The summed E-state index contributed by atoms with van der Waals surface area (Å²) in [5, 5.41) is 35.2. The van der Waals surface area contributed by atoms with Gasteiger partial charge in [-0.2, -0.15) is 10.5 Å². The molecule has 2 aliphatic rings. The van der Waals surface area contributed by atoms with Gasteiger partial charge in [-0.25, -0.2) is 4.79 Å². The highest BCUT2D eigenvalue weighted by Crippen LogP contribution is 2.35. The maximum atomic E-state index is 13.0. The molecule has 11 heteroatoms. The first-order valence-electron chi connectivity index (χ1n) is 11.0. The van der Waals surface area contributed by atoms with Gasteiger partial charge < -0.3 is 20.1 Å². The van der Waals surface area contributed by atoms with Crippen molar-refractivity contribution >= 4 is 23.5 Å². The predicted octanol–water partition coefficient (Wildman–Crippen LogP) is 1.92. The number of carbonyl (C=O) groups excluding carboxylic acids is 1. The third-order valence-corrected chi connectivity index (χ3v) is 6.43. The van der Waals surface area contributed by atoms with Crippen LogP contribution < -0.4 is 15.4 Å². The number of hydrogen-bond acceptors (Lipinski definition) is 8. The van der Waals surface area contributed by atoms with Gasteiger partial charge >= 0.3 is 5.97 Å². The Morgan fingerprint density at radius 2 is 2.14 bits per heavy atom. The number of piperidine rings is 1. The molecule has 3 N–H and O–H groups in total. The number of carbonyl (C=O) groups is 2. The fourth-order valence-corrected chi connectivity index (χ4v) is 4.63. The molecule has 0 bridgehead atoms. The second kappa shape index (κ2) is 10.3. The van der Waals surface area contributed by atoms with Crippen molar-refractivity contribution in [3.63, 3.8) is 0 Å². The van der Waals surface area contributed by atoms with Gasteiger partial charge in [0.2, 0.25) is 5.91 Å². The summed E-state index contributed by atoms with van der Waals surface area (Å²) >= 11 is 6.20. The summed E-state index contributed by atoms with van der Waals surface area (Å²) in [4.78, 5) is 30.7. The molecule has 2 fully saturated rings. The van der Waals surface area contributed by atoms with E-state index < -0.39 is 5.97 Å². The largest absolute Gasteiger partial charge is 0.491 e. The van der Waals surface area contributed by atoms with E-state index in [4.69, 9.17) is 16.3 Å². The Morgan fingerprint density at radius 3 is 2.86 bits per heavy atom. The van der Waals surface area contributed by atoms with Gasteiger partial charge in [0.1, 0.15) is 18.4 Å². The molecule has 2 saturated heterocycles. The van der Waals surface area contributed by atoms with E-state index in [-0.39, 0.29) is 47.3 Å². The van der Waals surface area contributed by atoms with Crippen LogP contribution in [0.15, 0.2) is 24.3 Å². The molecule has 4 rings (SSSR count). The molecule has 180 valence electrons. The van der Waals surface area contributed by atoms with E-state index in [2.05, 4.69) is 21.7 Å². The van der Waals surface area contributed by atoms with Crippen molar-refractivity contribution in [3.8, 4) is 29.1 Å². The number of hydrogen-bond donors (Lipinski definition) is 3. The number of benzene rings is 1. The molecule has 10 nitrogen and oxygen atoms in total. The topological polar surface area (TPSA) is 151 Å². The molecule has 1 aromatic heterocycles. The van der Waals surface area contributed by atoms with Crippen molar-refractivity contribution in [1.29, 1.82) is 10.5 Å². The van der Waals surface area contributed by atoms with Crippen molar-refractivity contribution in [2.75, 3.05) is 26.4 Å². The number of nitrogens with zero attached hydrogens (tertiary/aromatic N) is 4. The van der Waals surface area contributed by atoms with Crippen LogP contribution in [0, 0.1) is 35.5 Å². The summed E-state index contributed by atoms with van der Waals surface area (Å²) in [6, 6.07) is 9.92. The average molecular weight is 495 g/mol. The Bertz CT molecular complexity index is 1250. The van der Waals surface area contributed by atoms with Gasteiger partial charge in [0, 0.05) is 28.9 Å². The number of fused-ring (bicyclic) bond motifs is 1. The highest BCUT2D eigenvalue weighted by Gasteiger charge is 2.40. The van der Waals surface area contributed by atoms with Gasteiger partial charge in [0.15, 0.2) is 0 Å². The minimum Gasteiger partial charge on any atom is -0.491 e. The van der Waals surface area contributed by atoms with Crippen LogP contribution in [-0.2, 0) is 4.79 Å². The molecule has 0 aliphatic carbocycles. The second-order valence-corrected chi connectivity index (χ2v) is 8.88. The molecule has 1 amide bonds. The van der Waals surface area contributed by atoms with Crippen LogP contribution in [-0.4, -0.2) is 65.3 Å². The van der Waals surface area contributed by atoms with E-state index in [1.165, 1.54) is 6.07 Å². The Kier molecular flexibility index (Phi) is 7.17. The van der Waals surface area contributed by atoms with Gasteiger partial charge in [-0.05, 0) is 37.6 Å². The number of aromatic carboxylic acids is 1. The molecule has 35 heavy (non-hydrogen) atoms. The van der Waals surface area contributed by atoms with Crippen molar-refractivity contribution < 1.29 is 19.4 Å². The first-order chi connectivity index (χ1) is 16.8. The number of ether oxygens (including phenoxy) is 1. The van der Waals surface area contributed by atoms with Crippen LogP contribution in [0.5, 0.6) is 5.75 Å². The average Bonchev–Trinajstić information content (AvgIpc) is 2.85. The molecule has 1 aromatic carbocycles. The predicted molar refractivity (Wildman–Crippen MR) is 126 cm³/mol. The lowest BCUT2D eigenvalue weighted by molar-refractivity contribution is -0.142. The maximum Gasteiger partial charge on any atom is 0.337 e. The first-order valence-corrected chi connectivity index (χ1v) is 11.4. The molecule has 0 spiro atoms. The van der Waals surface area contributed by atoms with E-state index in [1.807, 2.05) is 6.07 Å². The van der Waals surface area contributed by atoms with E-state index in [0.29, 0.717) is 48.2 Å². The van der Waals surface area contributed by atoms with Crippen LogP contribution in [0.25, 0.3) is 11.3 Å². The van der Waals surface area contributed by atoms with Crippen molar-refractivity contribution in [3.05, 3.63) is 46.1 Å². The molecular weight excluding hydrogens is 472 g/mol. The molecule has 2 aromatic rings. The minimum atomic E-state index is -1.23. The SMILES string of the molecule is Cc1cc(C(=O)O)c(C#N)c(-c2cc(Cl)ccc2OCCN2CNC3CNC(C#N)CC3C2=O)n1. The fraction of sp³-hybridized carbons (Fsp3) is 0.375. The van der Waals surface area contributed by atoms with Crippen LogP contribution in [0.4, 0.5) is 0 Å². The molecular formula is C24H23ClN6O4.